The van der Waals surface area contributed by atoms with E-state index in [2.05, 4.69) is 16.0 Å². The largest absolute Gasteiger partial charge is 0.352 e. The molecule has 0 spiro atoms. The first-order valence-corrected chi connectivity index (χ1v) is 6.48. The van der Waals surface area contributed by atoms with Gasteiger partial charge in [-0.2, -0.15) is 5.26 Å². The third kappa shape index (κ3) is 2.23. The summed E-state index contributed by atoms with van der Waals surface area (Å²) in [7, 11) is 0. The number of aromatic nitrogens is 1. The fourth-order valence-corrected chi connectivity index (χ4v) is 2.36. The van der Waals surface area contributed by atoms with Gasteiger partial charge in [0.25, 0.3) is 0 Å². The summed E-state index contributed by atoms with van der Waals surface area (Å²) in [6.45, 7) is 1.05. The van der Waals surface area contributed by atoms with Crippen LogP contribution in [0.4, 0.5) is 5.82 Å². The van der Waals surface area contributed by atoms with Gasteiger partial charge in [0.05, 0.1) is 5.56 Å². The van der Waals surface area contributed by atoms with Crippen LogP contribution in [0.25, 0.3) is 0 Å². The molecule has 0 bridgehead atoms. The van der Waals surface area contributed by atoms with Crippen LogP contribution in [0.5, 0.6) is 0 Å². The van der Waals surface area contributed by atoms with Crippen LogP contribution in [0, 0.1) is 17.2 Å². The maximum atomic E-state index is 8.99. The van der Waals surface area contributed by atoms with Gasteiger partial charge < -0.3 is 4.90 Å². The van der Waals surface area contributed by atoms with Crippen molar-refractivity contribution in [3.05, 3.63) is 22.8 Å². The van der Waals surface area contributed by atoms with E-state index < -0.39 is 0 Å². The summed E-state index contributed by atoms with van der Waals surface area (Å²) in [4.78, 5) is 6.68. The molecule has 0 N–H and O–H groups in total. The van der Waals surface area contributed by atoms with E-state index >= 15 is 0 Å². The Labute approximate surface area is 106 Å². The molecule has 3 rings (SSSR count). The molecular weight excluding hydrogens is 234 g/mol. The average molecular weight is 248 g/mol. The lowest BCUT2D eigenvalue weighted by Crippen LogP contribution is -2.29. The molecule has 2 saturated carbocycles. The molecule has 4 heteroatoms. The highest BCUT2D eigenvalue weighted by atomic mass is 35.5. The lowest BCUT2D eigenvalue weighted by molar-refractivity contribution is 0.709. The summed E-state index contributed by atoms with van der Waals surface area (Å²) in [5.41, 5.74) is 0.526. The molecule has 0 aliphatic heterocycles. The van der Waals surface area contributed by atoms with Crippen LogP contribution in [-0.2, 0) is 0 Å². The van der Waals surface area contributed by atoms with Gasteiger partial charge >= 0.3 is 0 Å². The third-order valence-corrected chi connectivity index (χ3v) is 3.78. The average Bonchev–Trinajstić information content (AvgIpc) is 3.19. The summed E-state index contributed by atoms with van der Waals surface area (Å²) in [6, 6.07) is 4.39. The molecule has 88 valence electrons. The van der Waals surface area contributed by atoms with Crippen molar-refractivity contribution in [1.82, 2.24) is 4.98 Å². The molecule has 1 aromatic rings. The van der Waals surface area contributed by atoms with E-state index in [0.717, 1.165) is 18.3 Å². The molecule has 1 aromatic heterocycles. The number of rotatable bonds is 4. The number of anilines is 1. The van der Waals surface area contributed by atoms with E-state index in [1.54, 1.807) is 12.3 Å². The Hall–Kier alpha value is -1.27. The third-order valence-electron chi connectivity index (χ3n) is 3.40. The van der Waals surface area contributed by atoms with Crippen LogP contribution in [0.3, 0.4) is 0 Å². The molecular formula is C13H14ClN3. The van der Waals surface area contributed by atoms with Gasteiger partial charge in [0.1, 0.15) is 16.9 Å². The lowest BCUT2D eigenvalue weighted by atomic mass is 10.2. The predicted molar refractivity (Wildman–Crippen MR) is 67.1 cm³/mol. The summed E-state index contributed by atoms with van der Waals surface area (Å²) in [6.07, 6.45) is 6.77. The van der Waals surface area contributed by atoms with E-state index in [1.807, 2.05) is 0 Å². The van der Waals surface area contributed by atoms with Crippen LogP contribution in [0.1, 0.15) is 31.2 Å². The molecule has 0 aromatic carbocycles. The number of hydrogen-bond donors (Lipinski definition) is 0. The first kappa shape index (κ1) is 10.9. The second-order valence-corrected chi connectivity index (χ2v) is 5.31. The van der Waals surface area contributed by atoms with Crippen molar-refractivity contribution >= 4 is 17.4 Å². The minimum atomic E-state index is 0.516. The van der Waals surface area contributed by atoms with Gasteiger partial charge in [-0.1, -0.05) is 11.6 Å². The zero-order valence-corrected chi connectivity index (χ0v) is 10.3. The number of pyridine rings is 1. The molecule has 2 aliphatic carbocycles. The highest BCUT2D eigenvalue weighted by Gasteiger charge is 2.35. The summed E-state index contributed by atoms with van der Waals surface area (Å²) in [5, 5.41) is 9.51. The molecule has 0 saturated heterocycles. The van der Waals surface area contributed by atoms with Crippen molar-refractivity contribution in [2.45, 2.75) is 31.7 Å². The van der Waals surface area contributed by atoms with Crippen molar-refractivity contribution in [1.29, 1.82) is 5.26 Å². The SMILES string of the molecule is N#Cc1ccnc(N(CC2CC2)C2CC2)c1Cl. The van der Waals surface area contributed by atoms with Crippen LogP contribution < -0.4 is 4.90 Å². The minimum absolute atomic E-state index is 0.516. The van der Waals surface area contributed by atoms with Crippen molar-refractivity contribution in [2.24, 2.45) is 5.92 Å². The van der Waals surface area contributed by atoms with Crippen molar-refractivity contribution in [2.75, 3.05) is 11.4 Å². The monoisotopic (exact) mass is 247 g/mol. The smallest absolute Gasteiger partial charge is 0.148 e. The van der Waals surface area contributed by atoms with Gasteiger partial charge in [-0.05, 0) is 37.7 Å². The Morgan fingerprint density at radius 1 is 1.41 bits per heavy atom. The van der Waals surface area contributed by atoms with Gasteiger partial charge in [-0.25, -0.2) is 4.98 Å². The first-order valence-electron chi connectivity index (χ1n) is 6.11. The highest BCUT2D eigenvalue weighted by Crippen LogP contribution is 2.39. The minimum Gasteiger partial charge on any atom is -0.352 e. The number of hydrogen-bond acceptors (Lipinski definition) is 3. The topological polar surface area (TPSA) is 39.9 Å². The molecule has 0 atom stereocenters. The van der Waals surface area contributed by atoms with E-state index in [-0.39, 0.29) is 0 Å². The first-order chi connectivity index (χ1) is 8.29. The normalized spacial score (nSPS) is 18.8. The van der Waals surface area contributed by atoms with E-state index in [4.69, 9.17) is 16.9 Å². The number of nitriles is 1. The zero-order valence-electron chi connectivity index (χ0n) is 9.56. The predicted octanol–water partition coefficient (Wildman–Crippen LogP) is 2.99. The highest BCUT2D eigenvalue weighted by molar-refractivity contribution is 6.34. The van der Waals surface area contributed by atoms with E-state index in [1.165, 1.54) is 25.7 Å². The zero-order chi connectivity index (χ0) is 11.8. The van der Waals surface area contributed by atoms with Gasteiger partial charge in [-0.3, -0.25) is 0 Å². The standard InChI is InChI=1S/C13H14ClN3/c14-12-10(7-15)5-6-16-13(12)17(11-3-4-11)8-9-1-2-9/h5-6,9,11H,1-4,8H2. The molecule has 1 heterocycles. The Balaban J connectivity index is 1.91. The molecule has 0 unspecified atom stereocenters. The summed E-state index contributed by atoms with van der Waals surface area (Å²) >= 11 is 6.25. The van der Waals surface area contributed by atoms with Gasteiger partial charge in [0.2, 0.25) is 0 Å². The van der Waals surface area contributed by atoms with Gasteiger partial charge in [-0.15, -0.1) is 0 Å². The lowest BCUT2D eigenvalue weighted by Gasteiger charge is -2.24. The number of halogens is 1. The molecule has 2 aliphatic rings. The molecule has 0 radical (unpaired) electrons. The fourth-order valence-electron chi connectivity index (χ4n) is 2.09. The maximum absolute atomic E-state index is 8.99. The van der Waals surface area contributed by atoms with Crippen LogP contribution >= 0.6 is 11.6 Å². The van der Waals surface area contributed by atoms with Crippen LogP contribution in [-0.4, -0.2) is 17.6 Å². The fraction of sp³-hybridized carbons (Fsp3) is 0.538. The maximum Gasteiger partial charge on any atom is 0.148 e. The summed E-state index contributed by atoms with van der Waals surface area (Å²) < 4.78 is 0. The van der Waals surface area contributed by atoms with Gasteiger partial charge in [0, 0.05) is 18.8 Å². The van der Waals surface area contributed by atoms with E-state index in [9.17, 15) is 0 Å². The molecule has 17 heavy (non-hydrogen) atoms. The Morgan fingerprint density at radius 3 is 2.76 bits per heavy atom. The van der Waals surface area contributed by atoms with E-state index in [0.29, 0.717) is 16.6 Å². The Bertz CT molecular complexity index is 472. The quantitative estimate of drug-likeness (QED) is 0.821. The number of nitrogens with zero attached hydrogens (tertiary/aromatic N) is 3. The van der Waals surface area contributed by atoms with Crippen molar-refractivity contribution in [3.63, 3.8) is 0 Å². The van der Waals surface area contributed by atoms with Crippen molar-refractivity contribution in [3.8, 4) is 6.07 Å². The van der Waals surface area contributed by atoms with Crippen LogP contribution in [0.2, 0.25) is 5.02 Å². The molecule has 0 amide bonds. The van der Waals surface area contributed by atoms with Crippen LogP contribution in [0.15, 0.2) is 12.3 Å². The summed E-state index contributed by atoms with van der Waals surface area (Å²) in [5.74, 6) is 1.61. The second-order valence-electron chi connectivity index (χ2n) is 4.93. The van der Waals surface area contributed by atoms with Crippen molar-refractivity contribution < 1.29 is 0 Å². The molecule has 3 nitrogen and oxygen atoms in total. The van der Waals surface area contributed by atoms with Gasteiger partial charge in [0.15, 0.2) is 0 Å². The second kappa shape index (κ2) is 4.19. The Kier molecular flexibility index (Phi) is 2.68. The molecule has 2 fully saturated rings. The Morgan fingerprint density at radius 2 is 2.18 bits per heavy atom.